The SMILES string of the molecule is N#Cc1ccc(F)c(CN2CCC[C@@H](CS(N)(=O)=O)C2)c1. The van der Waals surface area contributed by atoms with Crippen LogP contribution in [0.5, 0.6) is 0 Å². The van der Waals surface area contributed by atoms with Gasteiger partial charge in [0.2, 0.25) is 10.0 Å². The van der Waals surface area contributed by atoms with E-state index in [0.717, 1.165) is 19.4 Å². The van der Waals surface area contributed by atoms with E-state index in [2.05, 4.69) is 0 Å². The molecule has 0 spiro atoms. The van der Waals surface area contributed by atoms with Crippen molar-refractivity contribution in [1.82, 2.24) is 4.90 Å². The summed E-state index contributed by atoms with van der Waals surface area (Å²) in [7, 11) is -3.48. The minimum absolute atomic E-state index is 0.0176. The molecule has 1 fully saturated rings. The Morgan fingerprint density at radius 3 is 2.90 bits per heavy atom. The number of likely N-dealkylation sites (tertiary alicyclic amines) is 1. The number of hydrogen-bond acceptors (Lipinski definition) is 4. The lowest BCUT2D eigenvalue weighted by Gasteiger charge is -2.32. The maximum absolute atomic E-state index is 13.8. The Morgan fingerprint density at radius 2 is 2.24 bits per heavy atom. The first-order chi connectivity index (χ1) is 9.87. The molecule has 1 aromatic rings. The van der Waals surface area contributed by atoms with Crippen molar-refractivity contribution in [2.75, 3.05) is 18.8 Å². The molecule has 0 radical (unpaired) electrons. The number of nitriles is 1. The van der Waals surface area contributed by atoms with Gasteiger partial charge in [0.25, 0.3) is 0 Å². The normalized spacial score (nSPS) is 20.1. The largest absolute Gasteiger partial charge is 0.299 e. The van der Waals surface area contributed by atoms with Crippen LogP contribution in [0, 0.1) is 23.1 Å². The molecule has 0 amide bonds. The van der Waals surface area contributed by atoms with Gasteiger partial charge in [-0.1, -0.05) is 0 Å². The van der Waals surface area contributed by atoms with Gasteiger partial charge in [0.1, 0.15) is 5.82 Å². The summed E-state index contributed by atoms with van der Waals surface area (Å²) in [5.41, 5.74) is 0.884. The summed E-state index contributed by atoms with van der Waals surface area (Å²) in [5.74, 6) is -0.400. The number of piperidine rings is 1. The molecular weight excluding hydrogens is 293 g/mol. The molecule has 7 heteroatoms. The molecule has 2 rings (SSSR count). The van der Waals surface area contributed by atoms with Crippen molar-refractivity contribution in [3.63, 3.8) is 0 Å². The third kappa shape index (κ3) is 4.77. The van der Waals surface area contributed by atoms with Gasteiger partial charge in [-0.15, -0.1) is 0 Å². The van der Waals surface area contributed by atoms with Gasteiger partial charge in [-0.3, -0.25) is 4.90 Å². The second-order valence-electron chi connectivity index (χ2n) is 5.49. The molecule has 21 heavy (non-hydrogen) atoms. The third-order valence-electron chi connectivity index (χ3n) is 3.64. The van der Waals surface area contributed by atoms with Gasteiger partial charge in [0.05, 0.1) is 17.4 Å². The van der Waals surface area contributed by atoms with E-state index in [0.29, 0.717) is 24.2 Å². The Labute approximate surface area is 124 Å². The molecule has 0 bridgehead atoms. The lowest BCUT2D eigenvalue weighted by molar-refractivity contribution is 0.176. The zero-order chi connectivity index (χ0) is 15.5. The molecule has 114 valence electrons. The highest BCUT2D eigenvalue weighted by atomic mass is 32.2. The molecule has 2 N–H and O–H groups in total. The van der Waals surface area contributed by atoms with Gasteiger partial charge >= 0.3 is 0 Å². The summed E-state index contributed by atoms with van der Waals surface area (Å²) in [6.45, 7) is 1.74. The van der Waals surface area contributed by atoms with Crippen LogP contribution in [0.3, 0.4) is 0 Å². The zero-order valence-electron chi connectivity index (χ0n) is 11.6. The number of hydrogen-bond donors (Lipinski definition) is 1. The summed E-state index contributed by atoms with van der Waals surface area (Å²) in [6, 6.07) is 6.27. The molecule has 1 saturated heterocycles. The van der Waals surface area contributed by atoms with Crippen molar-refractivity contribution in [3.05, 3.63) is 35.1 Å². The van der Waals surface area contributed by atoms with E-state index in [1.165, 1.54) is 12.1 Å². The molecule has 1 heterocycles. The molecule has 1 aliphatic rings. The Hall–Kier alpha value is -1.49. The smallest absolute Gasteiger partial charge is 0.209 e. The fourth-order valence-electron chi connectivity index (χ4n) is 2.77. The Balaban J connectivity index is 2.04. The van der Waals surface area contributed by atoms with Crippen LogP contribution in [0.4, 0.5) is 4.39 Å². The van der Waals surface area contributed by atoms with Crippen LogP contribution >= 0.6 is 0 Å². The lowest BCUT2D eigenvalue weighted by atomic mass is 9.99. The second kappa shape index (κ2) is 6.52. The van der Waals surface area contributed by atoms with Crippen LogP contribution in [0.15, 0.2) is 18.2 Å². The summed E-state index contributed by atoms with van der Waals surface area (Å²) in [6.07, 6.45) is 1.67. The van der Waals surface area contributed by atoms with E-state index >= 15 is 0 Å². The molecule has 5 nitrogen and oxygen atoms in total. The number of sulfonamides is 1. The van der Waals surface area contributed by atoms with Crippen LogP contribution in [0.1, 0.15) is 24.0 Å². The zero-order valence-corrected chi connectivity index (χ0v) is 12.4. The fraction of sp³-hybridized carbons (Fsp3) is 0.500. The standard InChI is InChI=1S/C14H18FN3O2S/c15-14-4-3-11(7-16)6-13(14)9-18-5-1-2-12(8-18)10-21(17,19)20/h3-4,6,12H,1-2,5,8-10H2,(H2,17,19,20)/t12-/m1/s1. The Morgan fingerprint density at radius 1 is 1.48 bits per heavy atom. The predicted molar refractivity (Wildman–Crippen MR) is 77.1 cm³/mol. The first kappa shape index (κ1) is 15.9. The van der Waals surface area contributed by atoms with Crippen LogP contribution in [0.25, 0.3) is 0 Å². The Bertz CT molecular complexity index is 655. The molecule has 0 unspecified atom stereocenters. The van der Waals surface area contributed by atoms with Crippen LogP contribution < -0.4 is 5.14 Å². The summed E-state index contributed by atoms with van der Waals surface area (Å²) < 4.78 is 36.1. The quantitative estimate of drug-likeness (QED) is 0.905. The number of nitrogens with two attached hydrogens (primary N) is 1. The second-order valence-corrected chi connectivity index (χ2v) is 7.15. The van der Waals surface area contributed by atoms with E-state index < -0.39 is 10.0 Å². The lowest BCUT2D eigenvalue weighted by Crippen LogP contribution is -2.39. The highest BCUT2D eigenvalue weighted by Crippen LogP contribution is 2.21. The molecule has 0 aliphatic carbocycles. The highest BCUT2D eigenvalue weighted by molar-refractivity contribution is 7.89. The van der Waals surface area contributed by atoms with Crippen LogP contribution in [-0.2, 0) is 16.6 Å². The van der Waals surface area contributed by atoms with E-state index in [1.54, 1.807) is 6.07 Å². The molecule has 1 aliphatic heterocycles. The van der Waals surface area contributed by atoms with Gasteiger partial charge < -0.3 is 0 Å². The van der Waals surface area contributed by atoms with Crippen LogP contribution in [0.2, 0.25) is 0 Å². The van der Waals surface area contributed by atoms with E-state index in [-0.39, 0.29) is 17.5 Å². The molecule has 0 saturated carbocycles. The van der Waals surface area contributed by atoms with Crippen molar-refractivity contribution < 1.29 is 12.8 Å². The first-order valence-electron chi connectivity index (χ1n) is 6.79. The third-order valence-corrected chi connectivity index (χ3v) is 4.58. The summed E-state index contributed by atoms with van der Waals surface area (Å²) in [4.78, 5) is 2.01. The molecule has 0 aromatic heterocycles. The monoisotopic (exact) mass is 311 g/mol. The maximum atomic E-state index is 13.8. The molecule has 1 aromatic carbocycles. The molecule has 1 atom stereocenters. The average Bonchev–Trinajstić information content (AvgIpc) is 2.40. The number of nitrogens with zero attached hydrogens (tertiary/aromatic N) is 2. The first-order valence-corrected chi connectivity index (χ1v) is 8.50. The van der Waals surface area contributed by atoms with Crippen LogP contribution in [-0.4, -0.2) is 32.2 Å². The minimum Gasteiger partial charge on any atom is -0.299 e. The maximum Gasteiger partial charge on any atom is 0.209 e. The van der Waals surface area contributed by atoms with Crippen molar-refractivity contribution in [2.45, 2.75) is 19.4 Å². The number of benzene rings is 1. The van der Waals surface area contributed by atoms with Gasteiger partial charge in [0.15, 0.2) is 0 Å². The van der Waals surface area contributed by atoms with Crippen molar-refractivity contribution in [2.24, 2.45) is 11.1 Å². The van der Waals surface area contributed by atoms with Gasteiger partial charge in [0, 0.05) is 18.7 Å². The predicted octanol–water partition coefficient (Wildman–Crippen LogP) is 1.20. The highest BCUT2D eigenvalue weighted by Gasteiger charge is 2.24. The van der Waals surface area contributed by atoms with Gasteiger partial charge in [-0.2, -0.15) is 5.26 Å². The molecular formula is C14H18FN3O2S. The van der Waals surface area contributed by atoms with Gasteiger partial charge in [-0.05, 0) is 43.5 Å². The number of primary sulfonamides is 1. The average molecular weight is 311 g/mol. The summed E-state index contributed by atoms with van der Waals surface area (Å²) >= 11 is 0. The Kier molecular flexibility index (Phi) is 4.93. The van der Waals surface area contributed by atoms with Crippen molar-refractivity contribution >= 4 is 10.0 Å². The van der Waals surface area contributed by atoms with E-state index in [4.69, 9.17) is 10.4 Å². The van der Waals surface area contributed by atoms with E-state index in [1.807, 2.05) is 11.0 Å². The topological polar surface area (TPSA) is 87.2 Å². The number of rotatable bonds is 4. The van der Waals surface area contributed by atoms with Crippen molar-refractivity contribution in [1.29, 1.82) is 5.26 Å². The van der Waals surface area contributed by atoms with Crippen molar-refractivity contribution in [3.8, 4) is 6.07 Å². The van der Waals surface area contributed by atoms with E-state index in [9.17, 15) is 12.8 Å². The van der Waals surface area contributed by atoms with Gasteiger partial charge in [-0.25, -0.2) is 17.9 Å². The minimum atomic E-state index is -3.48. The summed E-state index contributed by atoms with van der Waals surface area (Å²) in [5, 5.41) is 13.9. The fourth-order valence-corrected chi connectivity index (χ4v) is 3.69. The number of halogens is 1.